The van der Waals surface area contributed by atoms with E-state index in [0.717, 1.165) is 0 Å². The van der Waals surface area contributed by atoms with E-state index in [1.807, 2.05) is 6.92 Å². The van der Waals surface area contributed by atoms with Crippen LogP contribution in [0.4, 0.5) is 4.39 Å². The Bertz CT molecular complexity index is 697. The Labute approximate surface area is 132 Å². The van der Waals surface area contributed by atoms with Crippen molar-refractivity contribution < 1.29 is 19.1 Å². The van der Waals surface area contributed by atoms with Crippen molar-refractivity contribution in [2.75, 3.05) is 0 Å². The average Bonchev–Trinajstić information content (AvgIpc) is 3.02. The van der Waals surface area contributed by atoms with E-state index in [2.05, 4.69) is 15.5 Å². The highest BCUT2D eigenvalue weighted by Crippen LogP contribution is 2.18. The third-order valence-corrected chi connectivity index (χ3v) is 3.73. The number of amides is 1. The quantitative estimate of drug-likeness (QED) is 0.762. The minimum Gasteiger partial charge on any atom is -0.480 e. The summed E-state index contributed by atoms with van der Waals surface area (Å²) in [6.45, 7) is 3.62. The molecule has 1 amide bonds. The Morgan fingerprint density at radius 1 is 1.35 bits per heavy atom. The van der Waals surface area contributed by atoms with Gasteiger partial charge in [-0.05, 0) is 36.2 Å². The van der Waals surface area contributed by atoms with Crippen LogP contribution < -0.4 is 5.32 Å². The van der Waals surface area contributed by atoms with Crippen molar-refractivity contribution in [3.05, 3.63) is 41.8 Å². The van der Waals surface area contributed by atoms with Gasteiger partial charge in [-0.2, -0.15) is 5.10 Å². The Morgan fingerprint density at radius 2 is 2.00 bits per heavy atom. The minimum atomic E-state index is -1.08. The van der Waals surface area contributed by atoms with Crippen LogP contribution in [0.15, 0.2) is 30.3 Å². The van der Waals surface area contributed by atoms with Gasteiger partial charge in [-0.15, -0.1) is 0 Å². The van der Waals surface area contributed by atoms with E-state index in [1.165, 1.54) is 18.2 Å². The summed E-state index contributed by atoms with van der Waals surface area (Å²) in [5, 5.41) is 18.3. The molecular formula is C16H18FN3O3. The maximum atomic E-state index is 12.9. The molecular weight excluding hydrogens is 301 g/mol. The van der Waals surface area contributed by atoms with Gasteiger partial charge in [0, 0.05) is 5.56 Å². The number of aromatic amines is 1. The van der Waals surface area contributed by atoms with Crippen LogP contribution in [0.3, 0.4) is 0 Å². The summed E-state index contributed by atoms with van der Waals surface area (Å²) >= 11 is 0. The minimum absolute atomic E-state index is 0.152. The molecule has 0 radical (unpaired) electrons. The predicted molar refractivity (Wildman–Crippen MR) is 82.3 cm³/mol. The number of benzene rings is 1. The molecule has 1 heterocycles. The van der Waals surface area contributed by atoms with Crippen LogP contribution in [-0.2, 0) is 4.79 Å². The summed E-state index contributed by atoms with van der Waals surface area (Å²) in [7, 11) is 0. The Hall–Kier alpha value is -2.70. The number of carbonyl (C=O) groups excluding carboxylic acids is 1. The largest absolute Gasteiger partial charge is 0.480 e. The maximum Gasteiger partial charge on any atom is 0.326 e. The first-order chi connectivity index (χ1) is 10.9. The molecule has 0 aliphatic carbocycles. The van der Waals surface area contributed by atoms with E-state index in [4.69, 9.17) is 0 Å². The maximum absolute atomic E-state index is 12.9. The molecule has 0 aliphatic rings. The molecule has 0 fully saturated rings. The summed E-state index contributed by atoms with van der Waals surface area (Å²) in [4.78, 5) is 23.4. The predicted octanol–water partition coefficient (Wildman–Crippen LogP) is 2.44. The van der Waals surface area contributed by atoms with Crippen molar-refractivity contribution >= 4 is 11.9 Å². The number of carboxylic acid groups (broad SMARTS) is 1. The number of aromatic nitrogens is 2. The van der Waals surface area contributed by atoms with Gasteiger partial charge in [-0.25, -0.2) is 9.18 Å². The smallest absolute Gasteiger partial charge is 0.326 e. The summed E-state index contributed by atoms with van der Waals surface area (Å²) in [5.74, 6) is -2.18. The van der Waals surface area contributed by atoms with Gasteiger partial charge in [0.2, 0.25) is 0 Å². The van der Waals surface area contributed by atoms with Gasteiger partial charge in [0.1, 0.15) is 17.6 Å². The van der Waals surface area contributed by atoms with Crippen molar-refractivity contribution in [3.63, 3.8) is 0 Å². The van der Waals surface area contributed by atoms with Gasteiger partial charge in [0.15, 0.2) is 0 Å². The number of nitrogens with zero attached hydrogens (tertiary/aromatic N) is 1. The molecule has 2 aromatic rings. The van der Waals surface area contributed by atoms with Gasteiger partial charge in [-0.1, -0.05) is 20.3 Å². The third kappa shape index (κ3) is 3.94. The topological polar surface area (TPSA) is 95.1 Å². The number of aliphatic carboxylic acids is 1. The zero-order valence-electron chi connectivity index (χ0n) is 12.8. The number of carboxylic acids is 1. The molecule has 3 N–H and O–H groups in total. The van der Waals surface area contributed by atoms with Crippen molar-refractivity contribution in [2.45, 2.75) is 26.3 Å². The van der Waals surface area contributed by atoms with Crippen LogP contribution in [0.25, 0.3) is 11.3 Å². The number of rotatable bonds is 6. The number of carbonyl (C=O) groups is 2. The van der Waals surface area contributed by atoms with E-state index in [9.17, 15) is 19.1 Å². The fraction of sp³-hybridized carbons (Fsp3) is 0.312. The highest BCUT2D eigenvalue weighted by atomic mass is 19.1. The first-order valence-electron chi connectivity index (χ1n) is 7.27. The van der Waals surface area contributed by atoms with Crippen LogP contribution in [0.1, 0.15) is 30.8 Å². The average molecular weight is 319 g/mol. The van der Waals surface area contributed by atoms with Crippen molar-refractivity contribution in [1.29, 1.82) is 0 Å². The van der Waals surface area contributed by atoms with Gasteiger partial charge >= 0.3 is 5.97 Å². The van der Waals surface area contributed by atoms with Crippen LogP contribution >= 0.6 is 0 Å². The molecule has 2 atom stereocenters. The monoisotopic (exact) mass is 319 g/mol. The first kappa shape index (κ1) is 16.7. The molecule has 1 aromatic carbocycles. The Morgan fingerprint density at radius 3 is 2.57 bits per heavy atom. The molecule has 0 aliphatic heterocycles. The van der Waals surface area contributed by atoms with Crippen LogP contribution in [0, 0.1) is 11.7 Å². The van der Waals surface area contributed by atoms with Crippen molar-refractivity contribution in [2.24, 2.45) is 5.92 Å². The lowest BCUT2D eigenvalue weighted by Gasteiger charge is -2.19. The number of nitrogens with one attached hydrogen (secondary N) is 2. The molecule has 0 bridgehead atoms. The number of hydrogen-bond acceptors (Lipinski definition) is 3. The molecule has 6 nitrogen and oxygen atoms in total. The van der Waals surface area contributed by atoms with Crippen molar-refractivity contribution in [3.8, 4) is 11.3 Å². The van der Waals surface area contributed by atoms with Crippen molar-refractivity contribution in [1.82, 2.24) is 15.5 Å². The number of hydrogen-bond donors (Lipinski definition) is 3. The van der Waals surface area contributed by atoms with E-state index >= 15 is 0 Å². The molecule has 1 aromatic heterocycles. The Balaban J connectivity index is 2.14. The first-order valence-corrected chi connectivity index (χ1v) is 7.27. The van der Waals surface area contributed by atoms with Crippen LogP contribution in [0.2, 0.25) is 0 Å². The molecule has 0 spiro atoms. The van der Waals surface area contributed by atoms with Gasteiger partial charge in [0.05, 0.1) is 5.69 Å². The molecule has 0 saturated carbocycles. The van der Waals surface area contributed by atoms with Gasteiger partial charge < -0.3 is 10.4 Å². The summed E-state index contributed by atoms with van der Waals surface area (Å²) in [6.07, 6.45) is 0.626. The van der Waals surface area contributed by atoms with Crippen LogP contribution in [0.5, 0.6) is 0 Å². The summed E-state index contributed by atoms with van der Waals surface area (Å²) in [6, 6.07) is 6.22. The molecule has 2 rings (SSSR count). The Kier molecular flexibility index (Phi) is 5.10. The lowest BCUT2D eigenvalue weighted by Crippen LogP contribution is -2.45. The second-order valence-electron chi connectivity index (χ2n) is 5.35. The normalized spacial score (nSPS) is 13.3. The number of H-pyrrole nitrogens is 1. The SMILES string of the molecule is CC[C@H](C)[C@H](NC(=O)c1cc(-c2ccc(F)cc2)n[nH]1)C(=O)O. The lowest BCUT2D eigenvalue weighted by molar-refractivity contribution is -0.140. The van der Waals surface area contributed by atoms with Crippen LogP contribution in [-0.4, -0.2) is 33.2 Å². The fourth-order valence-electron chi connectivity index (χ4n) is 2.11. The summed E-state index contributed by atoms with van der Waals surface area (Å²) < 4.78 is 12.9. The lowest BCUT2D eigenvalue weighted by atomic mass is 9.99. The van der Waals surface area contributed by atoms with E-state index in [0.29, 0.717) is 17.7 Å². The standard InChI is InChI=1S/C16H18FN3O3/c1-3-9(2)14(16(22)23)18-15(21)13-8-12(19-20-13)10-4-6-11(17)7-5-10/h4-9,14H,3H2,1-2H3,(H,18,21)(H,19,20)(H,22,23)/t9-,14-/m0/s1. The third-order valence-electron chi connectivity index (χ3n) is 3.73. The molecule has 0 saturated heterocycles. The van der Waals surface area contributed by atoms with E-state index in [-0.39, 0.29) is 17.4 Å². The van der Waals surface area contributed by atoms with Gasteiger partial charge in [-0.3, -0.25) is 9.89 Å². The number of halogens is 1. The zero-order chi connectivity index (χ0) is 17.0. The molecule has 0 unspecified atom stereocenters. The highest BCUT2D eigenvalue weighted by Gasteiger charge is 2.26. The highest BCUT2D eigenvalue weighted by molar-refractivity contribution is 5.95. The molecule has 122 valence electrons. The second kappa shape index (κ2) is 7.04. The summed E-state index contributed by atoms with van der Waals surface area (Å²) in [5.41, 5.74) is 1.28. The van der Waals surface area contributed by atoms with E-state index < -0.39 is 17.9 Å². The second-order valence-corrected chi connectivity index (χ2v) is 5.35. The molecule has 7 heteroatoms. The molecule has 23 heavy (non-hydrogen) atoms. The zero-order valence-corrected chi connectivity index (χ0v) is 12.8. The van der Waals surface area contributed by atoms with E-state index in [1.54, 1.807) is 19.1 Å². The fourth-order valence-corrected chi connectivity index (χ4v) is 2.11. The van der Waals surface area contributed by atoms with Gasteiger partial charge in [0.25, 0.3) is 5.91 Å².